The zero-order valence-corrected chi connectivity index (χ0v) is 17.1. The van der Waals surface area contributed by atoms with Crippen molar-refractivity contribution in [3.8, 4) is 0 Å². The molecule has 2 heterocycles. The molecule has 1 N–H and O–H groups in total. The predicted octanol–water partition coefficient (Wildman–Crippen LogP) is 4.73. The van der Waals surface area contributed by atoms with E-state index < -0.39 is 0 Å². The number of nitrogens with zero attached hydrogens (tertiary/aromatic N) is 1. The minimum Gasteiger partial charge on any atom is -0.350 e. The van der Waals surface area contributed by atoms with Crippen LogP contribution in [-0.2, 0) is 0 Å². The standard InChI is InChI=1S/C22H26N2OS2/c25-21(18-8-10-19(11-9-18)22-26-14-15-27-22)23-16-20(24-12-4-5-13-24)17-6-2-1-3-7-17/h1-3,6-11,20,22H,4-5,12-16H2,(H,23,25)/t20-/m0/s1. The van der Waals surface area contributed by atoms with E-state index in [4.69, 9.17) is 0 Å². The Balaban J connectivity index is 1.40. The van der Waals surface area contributed by atoms with Crippen LogP contribution < -0.4 is 5.32 Å². The van der Waals surface area contributed by atoms with Gasteiger partial charge in [0.2, 0.25) is 0 Å². The monoisotopic (exact) mass is 398 g/mol. The topological polar surface area (TPSA) is 32.3 Å². The zero-order valence-electron chi connectivity index (χ0n) is 15.5. The molecule has 0 aliphatic carbocycles. The maximum Gasteiger partial charge on any atom is 0.251 e. The lowest BCUT2D eigenvalue weighted by Gasteiger charge is -2.28. The molecule has 0 radical (unpaired) electrons. The van der Waals surface area contributed by atoms with Gasteiger partial charge in [-0.1, -0.05) is 42.5 Å². The molecule has 0 unspecified atom stereocenters. The summed E-state index contributed by atoms with van der Waals surface area (Å²) in [5.41, 5.74) is 3.35. The summed E-state index contributed by atoms with van der Waals surface area (Å²) in [5.74, 6) is 2.46. The van der Waals surface area contributed by atoms with Gasteiger partial charge in [0.1, 0.15) is 0 Å². The first-order chi connectivity index (χ1) is 13.3. The van der Waals surface area contributed by atoms with Gasteiger partial charge in [0.25, 0.3) is 5.91 Å². The summed E-state index contributed by atoms with van der Waals surface area (Å²) in [6, 6.07) is 19.0. The van der Waals surface area contributed by atoms with Crippen molar-refractivity contribution in [2.75, 3.05) is 31.1 Å². The van der Waals surface area contributed by atoms with Gasteiger partial charge in [0.05, 0.1) is 10.6 Å². The molecular formula is C22H26N2OS2. The average molecular weight is 399 g/mol. The Hall–Kier alpha value is -1.43. The van der Waals surface area contributed by atoms with E-state index in [1.165, 1.54) is 35.5 Å². The molecule has 0 aromatic heterocycles. The van der Waals surface area contributed by atoms with E-state index >= 15 is 0 Å². The van der Waals surface area contributed by atoms with Crippen LogP contribution in [0.4, 0.5) is 0 Å². The Morgan fingerprint density at radius 2 is 1.67 bits per heavy atom. The molecule has 5 heteroatoms. The lowest BCUT2D eigenvalue weighted by molar-refractivity contribution is 0.0938. The van der Waals surface area contributed by atoms with Crippen molar-refractivity contribution in [3.05, 3.63) is 71.3 Å². The zero-order chi connectivity index (χ0) is 18.5. The highest BCUT2D eigenvalue weighted by atomic mass is 32.2. The Morgan fingerprint density at radius 1 is 1.00 bits per heavy atom. The molecule has 1 atom stereocenters. The fraction of sp³-hybridized carbons (Fsp3) is 0.409. The van der Waals surface area contributed by atoms with Crippen molar-refractivity contribution in [2.24, 2.45) is 0 Å². The molecule has 1 amide bonds. The van der Waals surface area contributed by atoms with Gasteiger partial charge >= 0.3 is 0 Å². The van der Waals surface area contributed by atoms with E-state index in [-0.39, 0.29) is 11.9 Å². The van der Waals surface area contributed by atoms with Crippen molar-refractivity contribution in [1.82, 2.24) is 10.2 Å². The summed E-state index contributed by atoms with van der Waals surface area (Å²) in [6.07, 6.45) is 2.49. The van der Waals surface area contributed by atoms with Crippen molar-refractivity contribution in [1.29, 1.82) is 0 Å². The molecule has 3 nitrogen and oxygen atoms in total. The second-order valence-corrected chi connectivity index (χ2v) is 9.80. The van der Waals surface area contributed by atoms with Crippen LogP contribution in [0.2, 0.25) is 0 Å². The third-order valence-corrected chi connectivity index (χ3v) is 8.39. The van der Waals surface area contributed by atoms with Crippen molar-refractivity contribution in [3.63, 3.8) is 0 Å². The first-order valence-corrected chi connectivity index (χ1v) is 11.8. The summed E-state index contributed by atoms with van der Waals surface area (Å²) in [5, 5.41) is 3.17. The van der Waals surface area contributed by atoms with Gasteiger partial charge in [-0.25, -0.2) is 0 Å². The number of thioether (sulfide) groups is 2. The fourth-order valence-corrected chi connectivity index (χ4v) is 6.68. The average Bonchev–Trinajstić information content (AvgIpc) is 3.43. The Bertz CT molecular complexity index is 739. The molecule has 0 saturated carbocycles. The van der Waals surface area contributed by atoms with Gasteiger partial charge < -0.3 is 5.32 Å². The summed E-state index contributed by atoms with van der Waals surface area (Å²) in [6.45, 7) is 2.88. The minimum absolute atomic E-state index is 0.0217. The number of carbonyl (C=O) groups is 1. The van der Waals surface area contributed by atoms with E-state index in [2.05, 4.69) is 46.6 Å². The van der Waals surface area contributed by atoms with Gasteiger partial charge in [-0.05, 0) is 49.2 Å². The lowest BCUT2D eigenvalue weighted by Crippen LogP contribution is -2.36. The number of benzene rings is 2. The van der Waals surface area contributed by atoms with E-state index in [0.717, 1.165) is 18.7 Å². The van der Waals surface area contributed by atoms with Gasteiger partial charge in [0.15, 0.2) is 0 Å². The largest absolute Gasteiger partial charge is 0.350 e. The molecule has 4 rings (SSSR count). The summed E-state index contributed by atoms with van der Waals surface area (Å²) in [7, 11) is 0. The maximum atomic E-state index is 12.7. The molecule has 142 valence electrons. The minimum atomic E-state index is 0.0217. The molecule has 2 aliphatic heterocycles. The van der Waals surface area contributed by atoms with Crippen LogP contribution >= 0.6 is 23.5 Å². The third kappa shape index (κ3) is 4.71. The van der Waals surface area contributed by atoms with Gasteiger partial charge in [-0.2, -0.15) is 0 Å². The molecule has 2 aliphatic rings. The number of amides is 1. The SMILES string of the molecule is O=C(NC[C@@H](c1ccccc1)N1CCCC1)c1ccc(C2SCCS2)cc1. The van der Waals surface area contributed by atoms with Gasteiger partial charge in [-0.3, -0.25) is 9.69 Å². The second-order valence-electron chi connectivity index (χ2n) is 7.08. The summed E-state index contributed by atoms with van der Waals surface area (Å²) in [4.78, 5) is 15.2. The van der Waals surface area contributed by atoms with Crippen LogP contribution in [0.15, 0.2) is 54.6 Å². The summed E-state index contributed by atoms with van der Waals surface area (Å²) >= 11 is 3.98. The number of nitrogens with one attached hydrogen (secondary N) is 1. The number of rotatable bonds is 6. The third-order valence-electron chi connectivity index (χ3n) is 5.29. The molecule has 0 spiro atoms. The second kappa shape index (κ2) is 9.18. The van der Waals surface area contributed by atoms with Crippen LogP contribution in [0, 0.1) is 0 Å². The lowest BCUT2D eigenvalue weighted by atomic mass is 10.1. The summed E-state index contributed by atoms with van der Waals surface area (Å²) < 4.78 is 0.528. The highest BCUT2D eigenvalue weighted by Gasteiger charge is 2.24. The highest BCUT2D eigenvalue weighted by molar-refractivity contribution is 8.19. The van der Waals surface area contributed by atoms with Crippen LogP contribution in [0.25, 0.3) is 0 Å². The Morgan fingerprint density at radius 3 is 2.33 bits per heavy atom. The number of carbonyl (C=O) groups excluding carboxylic acids is 1. The number of likely N-dealkylation sites (tertiary alicyclic amines) is 1. The Kier molecular flexibility index (Phi) is 6.43. The van der Waals surface area contributed by atoms with Gasteiger partial charge in [0, 0.05) is 23.6 Å². The molecule has 2 fully saturated rings. The van der Waals surface area contributed by atoms with Crippen molar-refractivity contribution >= 4 is 29.4 Å². The molecule has 2 saturated heterocycles. The normalized spacial score (nSPS) is 19.3. The smallest absolute Gasteiger partial charge is 0.251 e. The number of hydrogen-bond donors (Lipinski definition) is 1. The van der Waals surface area contributed by atoms with Crippen LogP contribution in [0.1, 0.15) is 45.0 Å². The fourth-order valence-electron chi connectivity index (χ4n) is 3.82. The van der Waals surface area contributed by atoms with Crippen LogP contribution in [-0.4, -0.2) is 41.9 Å². The van der Waals surface area contributed by atoms with Crippen molar-refractivity contribution in [2.45, 2.75) is 23.5 Å². The molecule has 27 heavy (non-hydrogen) atoms. The van der Waals surface area contributed by atoms with E-state index in [9.17, 15) is 4.79 Å². The first kappa shape index (κ1) is 18.9. The Labute approximate surface area is 170 Å². The van der Waals surface area contributed by atoms with E-state index in [1.807, 2.05) is 41.7 Å². The van der Waals surface area contributed by atoms with E-state index in [0.29, 0.717) is 11.1 Å². The van der Waals surface area contributed by atoms with Gasteiger partial charge in [-0.15, -0.1) is 23.5 Å². The molecule has 2 aromatic rings. The molecule has 0 bridgehead atoms. The maximum absolute atomic E-state index is 12.7. The highest BCUT2D eigenvalue weighted by Crippen LogP contribution is 2.45. The molecular weight excluding hydrogens is 372 g/mol. The first-order valence-electron chi connectivity index (χ1n) is 9.71. The number of hydrogen-bond acceptors (Lipinski definition) is 4. The quantitative estimate of drug-likeness (QED) is 0.762. The predicted molar refractivity (Wildman–Crippen MR) is 116 cm³/mol. The van der Waals surface area contributed by atoms with Crippen LogP contribution in [0.5, 0.6) is 0 Å². The molecule has 2 aromatic carbocycles. The van der Waals surface area contributed by atoms with Crippen LogP contribution in [0.3, 0.4) is 0 Å². The van der Waals surface area contributed by atoms with E-state index in [1.54, 1.807) is 0 Å². The van der Waals surface area contributed by atoms with Crippen molar-refractivity contribution < 1.29 is 4.79 Å².